The molecule has 0 aliphatic carbocycles. The smallest absolute Gasteiger partial charge is 0.123 e. The lowest BCUT2D eigenvalue weighted by atomic mass is 10.1. The predicted octanol–water partition coefficient (Wildman–Crippen LogP) is 3.05. The lowest BCUT2D eigenvalue weighted by molar-refractivity contribution is 0.340. The van der Waals surface area contributed by atoms with E-state index in [1.165, 1.54) is 5.56 Å². The van der Waals surface area contributed by atoms with Gasteiger partial charge >= 0.3 is 0 Å². The van der Waals surface area contributed by atoms with Gasteiger partial charge in [0.15, 0.2) is 0 Å². The van der Waals surface area contributed by atoms with Crippen LogP contribution in [0, 0.1) is 0 Å². The summed E-state index contributed by atoms with van der Waals surface area (Å²) in [5.41, 5.74) is 1.24. The Balaban J connectivity index is 1.90. The van der Waals surface area contributed by atoms with Gasteiger partial charge in [0.1, 0.15) is 11.6 Å². The van der Waals surface area contributed by atoms with Gasteiger partial charge in [0, 0.05) is 18.9 Å². The van der Waals surface area contributed by atoms with E-state index in [1.54, 1.807) is 6.20 Å². The number of benzene rings is 1. The van der Waals surface area contributed by atoms with Crippen LogP contribution in [0.1, 0.15) is 37.7 Å². The molecule has 1 atom stereocenters. The Labute approximate surface area is 114 Å². The number of rotatable bonds is 7. The van der Waals surface area contributed by atoms with Crippen molar-refractivity contribution < 1.29 is 4.74 Å². The van der Waals surface area contributed by atoms with Crippen molar-refractivity contribution in [3.05, 3.63) is 48.0 Å². The molecule has 0 spiro atoms. The van der Waals surface area contributed by atoms with E-state index in [0.29, 0.717) is 6.61 Å². The number of hydrogen-bond acceptors (Lipinski definition) is 3. The minimum atomic E-state index is 0.265. The molecule has 1 unspecified atom stereocenters. The molecule has 2 N–H and O–H groups in total. The summed E-state index contributed by atoms with van der Waals surface area (Å²) in [7, 11) is 0. The highest BCUT2D eigenvalue weighted by Gasteiger charge is 2.10. The number of hydrogen-bond donors (Lipinski definition) is 2. The van der Waals surface area contributed by atoms with Gasteiger partial charge in [-0.1, -0.05) is 19.1 Å². The highest BCUT2D eigenvalue weighted by Crippen LogP contribution is 2.15. The summed E-state index contributed by atoms with van der Waals surface area (Å²) in [4.78, 5) is 7.46. The molecule has 19 heavy (non-hydrogen) atoms. The average Bonchev–Trinajstić information content (AvgIpc) is 2.96. The SMILES string of the molecule is CCOc1ccc(CNC(CC)c2ncc[nH]2)cc1. The third kappa shape index (κ3) is 3.83. The number of ether oxygens (including phenoxy) is 1. The van der Waals surface area contributed by atoms with Gasteiger partial charge in [0.25, 0.3) is 0 Å². The van der Waals surface area contributed by atoms with Crippen molar-refractivity contribution in [2.24, 2.45) is 0 Å². The zero-order chi connectivity index (χ0) is 13.5. The van der Waals surface area contributed by atoms with Gasteiger partial charge in [-0.3, -0.25) is 0 Å². The third-order valence-corrected chi connectivity index (χ3v) is 3.04. The van der Waals surface area contributed by atoms with Crippen molar-refractivity contribution in [1.82, 2.24) is 15.3 Å². The van der Waals surface area contributed by atoms with Gasteiger partial charge < -0.3 is 15.0 Å². The standard InChI is InChI=1S/C15H21N3O/c1-3-14(15-16-9-10-17-15)18-11-12-5-7-13(8-6-12)19-4-2/h5-10,14,18H,3-4,11H2,1-2H3,(H,16,17). The first-order valence-electron chi connectivity index (χ1n) is 6.77. The maximum atomic E-state index is 5.43. The molecule has 2 rings (SSSR count). The van der Waals surface area contributed by atoms with E-state index in [1.807, 2.05) is 25.3 Å². The fourth-order valence-electron chi connectivity index (χ4n) is 2.01. The van der Waals surface area contributed by atoms with Crippen LogP contribution in [0.5, 0.6) is 5.75 Å². The maximum absolute atomic E-state index is 5.43. The van der Waals surface area contributed by atoms with Crippen LogP contribution in [0.2, 0.25) is 0 Å². The van der Waals surface area contributed by atoms with E-state index in [4.69, 9.17) is 4.74 Å². The highest BCUT2D eigenvalue weighted by atomic mass is 16.5. The molecule has 0 aliphatic heterocycles. The number of aromatic amines is 1. The van der Waals surface area contributed by atoms with E-state index >= 15 is 0 Å². The lowest BCUT2D eigenvalue weighted by Gasteiger charge is -2.14. The molecule has 2 aromatic rings. The summed E-state index contributed by atoms with van der Waals surface area (Å²) in [5.74, 6) is 1.91. The Bertz CT molecular complexity index is 465. The van der Waals surface area contributed by atoms with Crippen LogP contribution in [0.15, 0.2) is 36.7 Å². The second kappa shape index (κ2) is 6.95. The molecule has 4 nitrogen and oxygen atoms in total. The van der Waals surface area contributed by atoms with Gasteiger partial charge in [0.2, 0.25) is 0 Å². The normalized spacial score (nSPS) is 12.3. The van der Waals surface area contributed by atoms with Crippen molar-refractivity contribution in [3.63, 3.8) is 0 Å². The van der Waals surface area contributed by atoms with E-state index in [9.17, 15) is 0 Å². The predicted molar refractivity (Wildman–Crippen MR) is 76.1 cm³/mol. The Kier molecular flexibility index (Phi) is 4.98. The zero-order valence-electron chi connectivity index (χ0n) is 11.5. The summed E-state index contributed by atoms with van der Waals surface area (Å²) in [5, 5.41) is 3.51. The number of H-pyrrole nitrogens is 1. The van der Waals surface area contributed by atoms with E-state index in [0.717, 1.165) is 24.5 Å². The quantitative estimate of drug-likeness (QED) is 0.803. The molecule has 102 valence electrons. The summed E-state index contributed by atoms with van der Waals surface area (Å²) in [6.45, 7) is 5.67. The fourth-order valence-corrected chi connectivity index (χ4v) is 2.01. The van der Waals surface area contributed by atoms with Crippen LogP contribution in [0.3, 0.4) is 0 Å². The lowest BCUT2D eigenvalue weighted by Crippen LogP contribution is -2.21. The molecular formula is C15H21N3O. The van der Waals surface area contributed by atoms with Gasteiger partial charge in [-0.15, -0.1) is 0 Å². The summed E-state index contributed by atoms with van der Waals surface area (Å²) >= 11 is 0. The second-order valence-electron chi connectivity index (χ2n) is 4.39. The first-order chi connectivity index (χ1) is 9.33. The van der Waals surface area contributed by atoms with Crippen LogP contribution in [0.4, 0.5) is 0 Å². The molecule has 1 aromatic heterocycles. The molecule has 0 bridgehead atoms. The minimum Gasteiger partial charge on any atom is -0.494 e. The number of nitrogens with one attached hydrogen (secondary N) is 2. The van der Waals surface area contributed by atoms with Crippen LogP contribution in [-0.2, 0) is 6.54 Å². The van der Waals surface area contributed by atoms with E-state index < -0.39 is 0 Å². The topological polar surface area (TPSA) is 49.9 Å². The first-order valence-corrected chi connectivity index (χ1v) is 6.77. The summed E-state index contributed by atoms with van der Waals surface area (Å²) in [6.07, 6.45) is 4.65. The molecule has 0 aliphatic rings. The Morgan fingerprint density at radius 2 is 2.05 bits per heavy atom. The van der Waals surface area contributed by atoms with Crippen molar-refractivity contribution >= 4 is 0 Å². The molecule has 0 fully saturated rings. The van der Waals surface area contributed by atoms with Crippen LogP contribution < -0.4 is 10.1 Å². The average molecular weight is 259 g/mol. The number of imidazole rings is 1. The first kappa shape index (κ1) is 13.6. The molecule has 0 saturated heterocycles. The molecule has 0 amide bonds. The number of nitrogens with zero attached hydrogens (tertiary/aromatic N) is 1. The molecule has 1 aromatic carbocycles. The van der Waals surface area contributed by atoms with Crippen molar-refractivity contribution in [3.8, 4) is 5.75 Å². The fraction of sp³-hybridized carbons (Fsp3) is 0.400. The van der Waals surface area contributed by atoms with Crippen LogP contribution in [-0.4, -0.2) is 16.6 Å². The number of aromatic nitrogens is 2. The molecule has 4 heteroatoms. The molecule has 0 radical (unpaired) electrons. The van der Waals surface area contributed by atoms with E-state index in [2.05, 4.69) is 34.3 Å². The Hall–Kier alpha value is -1.81. The van der Waals surface area contributed by atoms with Crippen LogP contribution >= 0.6 is 0 Å². The van der Waals surface area contributed by atoms with Crippen LogP contribution in [0.25, 0.3) is 0 Å². The van der Waals surface area contributed by atoms with Gasteiger partial charge in [-0.05, 0) is 31.0 Å². The molecular weight excluding hydrogens is 238 g/mol. The third-order valence-electron chi connectivity index (χ3n) is 3.04. The zero-order valence-corrected chi connectivity index (χ0v) is 11.5. The van der Waals surface area contributed by atoms with Gasteiger partial charge in [-0.25, -0.2) is 4.98 Å². The largest absolute Gasteiger partial charge is 0.494 e. The Morgan fingerprint density at radius 1 is 1.26 bits per heavy atom. The van der Waals surface area contributed by atoms with Crippen molar-refractivity contribution in [2.45, 2.75) is 32.9 Å². The van der Waals surface area contributed by atoms with Crippen molar-refractivity contribution in [2.75, 3.05) is 6.61 Å². The van der Waals surface area contributed by atoms with Gasteiger partial charge in [0.05, 0.1) is 12.6 Å². The van der Waals surface area contributed by atoms with Gasteiger partial charge in [-0.2, -0.15) is 0 Å². The molecule has 0 saturated carbocycles. The minimum absolute atomic E-state index is 0.265. The highest BCUT2D eigenvalue weighted by molar-refractivity contribution is 5.27. The summed E-state index contributed by atoms with van der Waals surface area (Å²) in [6, 6.07) is 8.46. The summed E-state index contributed by atoms with van der Waals surface area (Å²) < 4.78 is 5.43. The van der Waals surface area contributed by atoms with Crippen molar-refractivity contribution in [1.29, 1.82) is 0 Å². The second-order valence-corrected chi connectivity index (χ2v) is 4.39. The maximum Gasteiger partial charge on any atom is 0.123 e. The van der Waals surface area contributed by atoms with E-state index in [-0.39, 0.29) is 6.04 Å². The molecule has 1 heterocycles. The monoisotopic (exact) mass is 259 g/mol. The Morgan fingerprint density at radius 3 is 2.63 bits per heavy atom.